The van der Waals surface area contributed by atoms with Crippen molar-refractivity contribution in [3.63, 3.8) is 0 Å². The fraction of sp³-hybridized carbons (Fsp3) is 0.438. The average Bonchev–Trinajstić information content (AvgIpc) is 2.52. The van der Waals surface area contributed by atoms with E-state index in [0.29, 0.717) is 25.1 Å². The van der Waals surface area contributed by atoms with Crippen molar-refractivity contribution in [1.82, 2.24) is 10.6 Å². The minimum Gasteiger partial charge on any atom is -0.355 e. The van der Waals surface area contributed by atoms with Gasteiger partial charge in [0.15, 0.2) is 0 Å². The number of hydrogen-bond acceptors (Lipinski definition) is 3. The Kier molecular flexibility index (Phi) is 5.52. The van der Waals surface area contributed by atoms with Gasteiger partial charge in [-0.15, -0.1) is 0 Å². The molecule has 118 valence electrons. The van der Waals surface area contributed by atoms with Gasteiger partial charge < -0.3 is 15.5 Å². The van der Waals surface area contributed by atoms with Crippen molar-refractivity contribution in [3.05, 3.63) is 29.8 Å². The monoisotopic (exact) mass is 303 g/mol. The molecule has 1 aromatic rings. The van der Waals surface area contributed by atoms with E-state index in [1.807, 2.05) is 0 Å². The van der Waals surface area contributed by atoms with Crippen LogP contribution in [0.3, 0.4) is 0 Å². The minimum absolute atomic E-state index is 0.121. The molecular formula is C16H21N3O3. The van der Waals surface area contributed by atoms with Gasteiger partial charge in [-0.1, -0.05) is 0 Å². The molecule has 0 unspecified atom stereocenters. The summed E-state index contributed by atoms with van der Waals surface area (Å²) in [6.45, 7) is 2.95. The maximum absolute atomic E-state index is 11.9. The van der Waals surface area contributed by atoms with Crippen LogP contribution in [0.25, 0.3) is 0 Å². The van der Waals surface area contributed by atoms with E-state index in [1.165, 1.54) is 6.92 Å². The second-order valence-electron chi connectivity index (χ2n) is 5.29. The van der Waals surface area contributed by atoms with Gasteiger partial charge in [0.2, 0.25) is 11.8 Å². The molecule has 1 aromatic carbocycles. The molecular weight excluding hydrogens is 282 g/mol. The van der Waals surface area contributed by atoms with Gasteiger partial charge in [0.05, 0.1) is 0 Å². The molecule has 0 aromatic heterocycles. The highest BCUT2D eigenvalue weighted by Gasteiger charge is 2.19. The van der Waals surface area contributed by atoms with Crippen molar-refractivity contribution in [2.75, 3.05) is 24.5 Å². The highest BCUT2D eigenvalue weighted by atomic mass is 16.2. The first-order valence-corrected chi connectivity index (χ1v) is 7.51. The first kappa shape index (κ1) is 16.0. The zero-order valence-electron chi connectivity index (χ0n) is 12.7. The zero-order valence-corrected chi connectivity index (χ0v) is 12.7. The molecule has 2 N–H and O–H groups in total. The number of nitrogens with one attached hydrogen (secondary N) is 2. The van der Waals surface area contributed by atoms with Crippen molar-refractivity contribution < 1.29 is 14.4 Å². The Morgan fingerprint density at radius 2 is 1.77 bits per heavy atom. The second kappa shape index (κ2) is 7.59. The molecule has 1 fully saturated rings. The van der Waals surface area contributed by atoms with Crippen molar-refractivity contribution in [2.24, 2.45) is 0 Å². The summed E-state index contributed by atoms with van der Waals surface area (Å²) in [5, 5.41) is 5.34. The van der Waals surface area contributed by atoms with E-state index >= 15 is 0 Å². The van der Waals surface area contributed by atoms with Crippen molar-refractivity contribution >= 4 is 23.4 Å². The van der Waals surface area contributed by atoms with Crippen LogP contribution >= 0.6 is 0 Å². The summed E-state index contributed by atoms with van der Waals surface area (Å²) in [5.74, 6) is -0.176. The highest BCUT2D eigenvalue weighted by Crippen LogP contribution is 2.21. The number of piperidine rings is 1. The summed E-state index contributed by atoms with van der Waals surface area (Å²) in [5.41, 5.74) is 1.37. The van der Waals surface area contributed by atoms with Crippen LogP contribution < -0.4 is 15.5 Å². The number of hydrogen-bond donors (Lipinski definition) is 2. The molecule has 0 radical (unpaired) electrons. The lowest BCUT2D eigenvalue weighted by atomic mass is 10.1. The predicted molar refractivity (Wildman–Crippen MR) is 83.7 cm³/mol. The third-order valence-electron chi connectivity index (χ3n) is 3.55. The van der Waals surface area contributed by atoms with E-state index in [9.17, 15) is 14.4 Å². The van der Waals surface area contributed by atoms with Crippen molar-refractivity contribution in [3.8, 4) is 0 Å². The number of rotatable bonds is 5. The fourth-order valence-electron chi connectivity index (χ4n) is 2.39. The first-order valence-electron chi connectivity index (χ1n) is 7.51. The lowest BCUT2D eigenvalue weighted by Gasteiger charge is -2.26. The quantitative estimate of drug-likeness (QED) is 0.799. The molecule has 3 amide bonds. The van der Waals surface area contributed by atoms with Gasteiger partial charge in [-0.25, -0.2) is 0 Å². The average molecular weight is 303 g/mol. The van der Waals surface area contributed by atoms with Gasteiger partial charge in [0.25, 0.3) is 5.91 Å². The molecule has 1 aliphatic rings. The summed E-state index contributed by atoms with van der Waals surface area (Å²) in [6.07, 6.45) is 2.55. The minimum atomic E-state index is -0.193. The lowest BCUT2D eigenvalue weighted by Crippen LogP contribution is -2.35. The summed E-state index contributed by atoms with van der Waals surface area (Å²) < 4.78 is 0. The van der Waals surface area contributed by atoms with Gasteiger partial charge in [-0.05, 0) is 37.1 Å². The number of carbonyl (C=O) groups is 3. The number of amides is 3. The van der Waals surface area contributed by atoms with E-state index in [4.69, 9.17) is 0 Å². The molecule has 0 spiro atoms. The zero-order chi connectivity index (χ0) is 15.9. The second-order valence-corrected chi connectivity index (χ2v) is 5.29. The topological polar surface area (TPSA) is 78.5 Å². The molecule has 1 aliphatic heterocycles. The predicted octanol–water partition coefficient (Wildman–Crippen LogP) is 1.07. The SMILES string of the molecule is CC(=O)NCCNC(=O)c1ccc(N2CCCCC2=O)cc1. The Bertz CT molecular complexity index is 554. The van der Waals surface area contributed by atoms with Crippen LogP contribution in [-0.2, 0) is 9.59 Å². The van der Waals surface area contributed by atoms with E-state index in [-0.39, 0.29) is 17.7 Å². The van der Waals surface area contributed by atoms with Crippen LogP contribution in [0.4, 0.5) is 5.69 Å². The summed E-state index contributed by atoms with van der Waals surface area (Å²) in [4.78, 5) is 36.3. The molecule has 22 heavy (non-hydrogen) atoms. The van der Waals surface area contributed by atoms with Crippen molar-refractivity contribution in [1.29, 1.82) is 0 Å². The number of carbonyl (C=O) groups excluding carboxylic acids is 3. The summed E-state index contributed by atoms with van der Waals surface area (Å²) in [6, 6.07) is 7.02. The van der Waals surface area contributed by atoms with Gasteiger partial charge in [0.1, 0.15) is 0 Å². The maximum Gasteiger partial charge on any atom is 0.251 e. The van der Waals surface area contributed by atoms with Gasteiger partial charge >= 0.3 is 0 Å². The van der Waals surface area contributed by atoms with Crippen LogP contribution in [0.5, 0.6) is 0 Å². The van der Waals surface area contributed by atoms with Crippen molar-refractivity contribution in [2.45, 2.75) is 26.2 Å². The first-order chi connectivity index (χ1) is 10.6. The smallest absolute Gasteiger partial charge is 0.251 e. The number of nitrogens with zero attached hydrogens (tertiary/aromatic N) is 1. The van der Waals surface area contributed by atoms with Crippen LogP contribution in [0.15, 0.2) is 24.3 Å². The standard InChI is InChI=1S/C16H21N3O3/c1-12(20)17-9-10-18-16(22)13-5-7-14(8-6-13)19-11-3-2-4-15(19)21/h5-8H,2-4,9-11H2,1H3,(H,17,20)(H,18,22). The Balaban J connectivity index is 1.89. The van der Waals surface area contributed by atoms with Crippen LogP contribution in [0.2, 0.25) is 0 Å². The largest absolute Gasteiger partial charge is 0.355 e. The highest BCUT2D eigenvalue weighted by molar-refractivity contribution is 5.96. The van der Waals surface area contributed by atoms with Crippen LogP contribution in [0.1, 0.15) is 36.5 Å². The lowest BCUT2D eigenvalue weighted by molar-refractivity contribution is -0.120. The molecule has 6 heteroatoms. The molecule has 0 atom stereocenters. The van der Waals surface area contributed by atoms with Gasteiger partial charge in [-0.3, -0.25) is 14.4 Å². The third-order valence-corrected chi connectivity index (χ3v) is 3.55. The molecule has 1 saturated heterocycles. The normalized spacial score (nSPS) is 14.6. The van der Waals surface area contributed by atoms with E-state index < -0.39 is 0 Å². The molecule has 0 aliphatic carbocycles. The van der Waals surface area contributed by atoms with E-state index in [2.05, 4.69) is 10.6 Å². The van der Waals surface area contributed by atoms with E-state index in [0.717, 1.165) is 25.1 Å². The number of anilines is 1. The van der Waals surface area contributed by atoms with Crippen LogP contribution in [-0.4, -0.2) is 37.4 Å². The molecule has 0 bridgehead atoms. The Labute approximate surface area is 129 Å². The van der Waals surface area contributed by atoms with E-state index in [1.54, 1.807) is 29.2 Å². The molecule has 6 nitrogen and oxygen atoms in total. The Morgan fingerprint density at radius 1 is 1.09 bits per heavy atom. The van der Waals surface area contributed by atoms with Gasteiger partial charge in [-0.2, -0.15) is 0 Å². The summed E-state index contributed by atoms with van der Waals surface area (Å²) in [7, 11) is 0. The third kappa shape index (κ3) is 4.31. The number of benzene rings is 1. The van der Waals surface area contributed by atoms with Gasteiger partial charge in [0, 0.05) is 44.2 Å². The Morgan fingerprint density at radius 3 is 2.41 bits per heavy atom. The molecule has 2 rings (SSSR count). The molecule has 1 heterocycles. The summed E-state index contributed by atoms with van der Waals surface area (Å²) >= 11 is 0. The van der Waals surface area contributed by atoms with Crippen LogP contribution in [0, 0.1) is 0 Å². The fourth-order valence-corrected chi connectivity index (χ4v) is 2.39. The molecule has 0 saturated carbocycles. The maximum atomic E-state index is 11.9. The Hall–Kier alpha value is -2.37.